The van der Waals surface area contributed by atoms with Crippen LogP contribution < -0.4 is 15.4 Å². The fraction of sp³-hybridized carbons (Fsp3) is 0.529. The van der Waals surface area contributed by atoms with Crippen LogP contribution in [0, 0.1) is 5.82 Å². The largest absolute Gasteiger partial charge is 0.494 e. The lowest BCUT2D eigenvalue weighted by atomic mass is 10.2. The van der Waals surface area contributed by atoms with E-state index in [9.17, 15) is 14.0 Å². The number of alkyl carbamates (subject to hydrolysis) is 1. The van der Waals surface area contributed by atoms with Gasteiger partial charge in [0.15, 0.2) is 17.9 Å². The van der Waals surface area contributed by atoms with Gasteiger partial charge in [-0.3, -0.25) is 4.79 Å². The van der Waals surface area contributed by atoms with Crippen LogP contribution in [-0.2, 0) is 4.74 Å². The van der Waals surface area contributed by atoms with Crippen LogP contribution in [0.2, 0.25) is 0 Å². The van der Waals surface area contributed by atoms with E-state index in [4.69, 9.17) is 4.74 Å². The smallest absolute Gasteiger partial charge is 0.407 e. The van der Waals surface area contributed by atoms with Crippen molar-refractivity contribution in [2.24, 2.45) is 0 Å². The van der Waals surface area contributed by atoms with Crippen LogP contribution in [-0.4, -0.2) is 44.2 Å². The van der Waals surface area contributed by atoms with Gasteiger partial charge < -0.3 is 20.1 Å². The lowest BCUT2D eigenvalue weighted by Gasteiger charge is -2.21. The van der Waals surface area contributed by atoms with Gasteiger partial charge >= 0.3 is 6.09 Å². The third kappa shape index (κ3) is 6.95. The second-order valence-electron chi connectivity index (χ2n) is 6.32. The molecule has 1 heterocycles. The van der Waals surface area contributed by atoms with Gasteiger partial charge in [-0.25, -0.2) is 9.18 Å². The van der Waals surface area contributed by atoms with Crippen LogP contribution >= 0.6 is 0 Å². The van der Waals surface area contributed by atoms with E-state index in [1.807, 2.05) is 20.8 Å². The Balaban J connectivity index is 0.000000243. The van der Waals surface area contributed by atoms with Crippen LogP contribution in [0.3, 0.4) is 0 Å². The summed E-state index contributed by atoms with van der Waals surface area (Å²) in [6, 6.07) is 4.65. The van der Waals surface area contributed by atoms with Crippen molar-refractivity contribution in [3.63, 3.8) is 0 Å². The molecule has 24 heavy (non-hydrogen) atoms. The van der Waals surface area contributed by atoms with E-state index < -0.39 is 11.4 Å². The molecule has 2 N–H and O–H groups in total. The summed E-state index contributed by atoms with van der Waals surface area (Å²) in [5.74, 6) is -0.514. The van der Waals surface area contributed by atoms with Crippen LogP contribution in [0.25, 0.3) is 0 Å². The molecule has 1 saturated heterocycles. The molecule has 0 aromatic heterocycles. The fourth-order valence-electron chi connectivity index (χ4n) is 2.03. The number of benzene rings is 1. The molecule has 1 amide bonds. The normalized spacial score (nSPS) is 16.6. The molecule has 1 aliphatic heterocycles. The Hall–Kier alpha value is -2.15. The minimum Gasteiger partial charge on any atom is -0.494 e. The van der Waals surface area contributed by atoms with Crippen molar-refractivity contribution in [2.45, 2.75) is 38.8 Å². The summed E-state index contributed by atoms with van der Waals surface area (Å²) >= 11 is 0. The number of nitrogens with one attached hydrogen (secondary N) is 2. The summed E-state index contributed by atoms with van der Waals surface area (Å²) in [5, 5.41) is 5.98. The van der Waals surface area contributed by atoms with Gasteiger partial charge in [0.05, 0.1) is 12.7 Å². The van der Waals surface area contributed by atoms with Crippen molar-refractivity contribution < 1.29 is 23.5 Å². The zero-order valence-electron chi connectivity index (χ0n) is 14.5. The van der Waals surface area contributed by atoms with Crippen LogP contribution in [0.15, 0.2) is 18.2 Å². The SMILES string of the molecule is CC(C)(C)OC(=O)N[C@H]1CCNC1.COc1cccc(C=O)c1F. The molecule has 7 heteroatoms. The zero-order chi connectivity index (χ0) is 18.2. The molecule has 1 atom stereocenters. The highest BCUT2D eigenvalue weighted by Gasteiger charge is 2.21. The van der Waals surface area contributed by atoms with E-state index in [0.717, 1.165) is 19.5 Å². The lowest BCUT2D eigenvalue weighted by molar-refractivity contribution is 0.0508. The van der Waals surface area contributed by atoms with Gasteiger partial charge in [-0.15, -0.1) is 0 Å². The number of rotatable bonds is 3. The van der Waals surface area contributed by atoms with Crippen molar-refractivity contribution >= 4 is 12.4 Å². The van der Waals surface area contributed by atoms with E-state index in [0.29, 0.717) is 6.29 Å². The van der Waals surface area contributed by atoms with E-state index in [2.05, 4.69) is 15.4 Å². The Morgan fingerprint density at radius 1 is 1.42 bits per heavy atom. The molecular formula is C17H25FN2O4. The first-order valence-corrected chi connectivity index (χ1v) is 7.74. The molecule has 2 rings (SSSR count). The zero-order valence-corrected chi connectivity index (χ0v) is 14.5. The molecule has 0 bridgehead atoms. The van der Waals surface area contributed by atoms with E-state index in [-0.39, 0.29) is 23.4 Å². The second kappa shape index (κ2) is 9.22. The van der Waals surface area contributed by atoms with Crippen molar-refractivity contribution in [1.29, 1.82) is 0 Å². The molecule has 1 fully saturated rings. The number of halogens is 1. The van der Waals surface area contributed by atoms with Gasteiger partial charge in [0.25, 0.3) is 0 Å². The maximum atomic E-state index is 12.9. The Bertz CT molecular complexity index is 552. The molecular weight excluding hydrogens is 315 g/mol. The standard InChI is InChI=1S/C9H18N2O2.C8H7FO2/c1-9(2,3)13-8(12)11-7-4-5-10-6-7;1-11-7-4-2-3-6(5-10)8(7)9/h7,10H,4-6H2,1-3H3,(H,11,12);2-5H,1H3/t7-;/m0./s1. The van der Waals surface area contributed by atoms with Gasteiger partial charge in [0.1, 0.15) is 5.60 Å². The summed E-state index contributed by atoms with van der Waals surface area (Å²) < 4.78 is 22.7. The number of hydrogen-bond acceptors (Lipinski definition) is 5. The number of hydrogen-bond donors (Lipinski definition) is 2. The summed E-state index contributed by atoms with van der Waals surface area (Å²) in [6.07, 6.45) is 1.12. The highest BCUT2D eigenvalue weighted by Crippen LogP contribution is 2.18. The van der Waals surface area contributed by atoms with Gasteiger partial charge in [-0.05, 0) is 45.9 Å². The minimum absolute atomic E-state index is 0.0179. The number of ether oxygens (including phenoxy) is 2. The summed E-state index contributed by atoms with van der Waals surface area (Å²) in [4.78, 5) is 21.5. The van der Waals surface area contributed by atoms with Gasteiger partial charge in [0, 0.05) is 12.6 Å². The Kier molecular flexibility index (Phi) is 7.64. The lowest BCUT2D eigenvalue weighted by Crippen LogP contribution is -2.40. The Labute approximate surface area is 141 Å². The molecule has 1 aromatic carbocycles. The second-order valence-corrected chi connectivity index (χ2v) is 6.32. The maximum Gasteiger partial charge on any atom is 0.407 e. The number of carbonyl (C=O) groups is 2. The van der Waals surface area contributed by atoms with Crippen molar-refractivity contribution in [3.8, 4) is 5.75 Å². The average molecular weight is 340 g/mol. The van der Waals surface area contributed by atoms with Gasteiger partial charge in [-0.1, -0.05) is 6.07 Å². The van der Waals surface area contributed by atoms with E-state index >= 15 is 0 Å². The highest BCUT2D eigenvalue weighted by atomic mass is 19.1. The topological polar surface area (TPSA) is 76.7 Å². The van der Waals surface area contributed by atoms with E-state index in [1.165, 1.54) is 19.2 Å². The van der Waals surface area contributed by atoms with Gasteiger partial charge in [-0.2, -0.15) is 0 Å². The van der Waals surface area contributed by atoms with Gasteiger partial charge in [0.2, 0.25) is 0 Å². The molecule has 0 aliphatic carbocycles. The molecule has 0 radical (unpaired) electrons. The number of aldehydes is 1. The highest BCUT2D eigenvalue weighted by molar-refractivity contribution is 5.76. The number of methoxy groups -OCH3 is 1. The quantitative estimate of drug-likeness (QED) is 0.827. The predicted octanol–water partition coefficient (Wildman–Crippen LogP) is 2.52. The molecule has 134 valence electrons. The first-order valence-electron chi connectivity index (χ1n) is 7.74. The molecule has 0 spiro atoms. The molecule has 1 aromatic rings. The number of amides is 1. The van der Waals surface area contributed by atoms with Crippen LogP contribution in [0.1, 0.15) is 37.6 Å². The summed E-state index contributed by atoms with van der Waals surface area (Å²) in [5.41, 5.74) is -0.389. The van der Waals surface area contributed by atoms with Crippen molar-refractivity contribution in [1.82, 2.24) is 10.6 Å². The monoisotopic (exact) mass is 340 g/mol. The molecule has 1 aliphatic rings. The molecule has 0 saturated carbocycles. The Morgan fingerprint density at radius 2 is 2.12 bits per heavy atom. The minimum atomic E-state index is -0.606. The van der Waals surface area contributed by atoms with Crippen LogP contribution in [0.4, 0.5) is 9.18 Å². The average Bonchev–Trinajstić information content (AvgIpc) is 2.99. The first kappa shape index (κ1) is 19.9. The first-order chi connectivity index (χ1) is 11.3. The third-order valence-corrected chi connectivity index (χ3v) is 3.12. The van der Waals surface area contributed by atoms with Crippen molar-refractivity contribution in [2.75, 3.05) is 20.2 Å². The Morgan fingerprint density at radius 3 is 2.62 bits per heavy atom. The molecule has 6 nitrogen and oxygen atoms in total. The predicted molar refractivity (Wildman–Crippen MR) is 89.0 cm³/mol. The summed E-state index contributed by atoms with van der Waals surface area (Å²) in [7, 11) is 1.35. The number of carbonyl (C=O) groups excluding carboxylic acids is 2. The third-order valence-electron chi connectivity index (χ3n) is 3.12. The summed E-state index contributed by atoms with van der Waals surface area (Å²) in [6.45, 7) is 7.40. The van der Waals surface area contributed by atoms with E-state index in [1.54, 1.807) is 6.07 Å². The molecule has 0 unspecified atom stereocenters. The van der Waals surface area contributed by atoms with Crippen molar-refractivity contribution in [3.05, 3.63) is 29.6 Å². The fourth-order valence-corrected chi connectivity index (χ4v) is 2.03. The van der Waals surface area contributed by atoms with Crippen LogP contribution in [0.5, 0.6) is 5.75 Å². The maximum absolute atomic E-state index is 12.9.